The van der Waals surface area contributed by atoms with Gasteiger partial charge in [-0.3, -0.25) is 0 Å². The minimum absolute atomic E-state index is 0.437. The van der Waals surface area contributed by atoms with E-state index < -0.39 is 0 Å². The van der Waals surface area contributed by atoms with Crippen LogP contribution in [-0.4, -0.2) is 13.3 Å². The number of ether oxygens (including phenoxy) is 1. The molecule has 1 aromatic heterocycles. The average Bonchev–Trinajstić information content (AvgIpc) is 2.89. The van der Waals surface area contributed by atoms with Crippen LogP contribution in [0.15, 0.2) is 17.1 Å². The summed E-state index contributed by atoms with van der Waals surface area (Å²) in [5, 5.41) is 11.2. The third-order valence-electron chi connectivity index (χ3n) is 3.83. The van der Waals surface area contributed by atoms with E-state index in [2.05, 4.69) is 11.1 Å². The third-order valence-corrected chi connectivity index (χ3v) is 5.53. The number of aryl methyl sites for hydroxylation is 1. The van der Waals surface area contributed by atoms with Crippen molar-refractivity contribution >= 4 is 45.8 Å². The van der Waals surface area contributed by atoms with Gasteiger partial charge >= 0.3 is 0 Å². The standard InChI is InChI=1S/C17H14Cl2N2OS/c1-22-16-10(6-11(18)7-14(16)19)9-21-17-13(8-20)12-4-2-3-5-15(12)23-17/h6-7,9H,2-5H2,1H3. The van der Waals surface area contributed by atoms with E-state index in [1.165, 1.54) is 16.9 Å². The summed E-state index contributed by atoms with van der Waals surface area (Å²) in [6.07, 6.45) is 5.99. The molecule has 2 aromatic rings. The smallest absolute Gasteiger partial charge is 0.146 e. The van der Waals surface area contributed by atoms with Crippen molar-refractivity contribution in [3.05, 3.63) is 43.7 Å². The molecule has 3 nitrogen and oxygen atoms in total. The Kier molecular flexibility index (Phi) is 4.91. The lowest BCUT2D eigenvalue weighted by molar-refractivity contribution is 0.414. The molecule has 1 aliphatic rings. The van der Waals surface area contributed by atoms with Gasteiger partial charge < -0.3 is 4.74 Å². The predicted octanol–water partition coefficient (Wildman–Crippen LogP) is 5.56. The maximum absolute atomic E-state index is 9.47. The molecule has 0 saturated heterocycles. The molecule has 0 fully saturated rings. The number of rotatable bonds is 3. The fourth-order valence-corrected chi connectivity index (χ4v) is 4.55. The summed E-state index contributed by atoms with van der Waals surface area (Å²) in [5.74, 6) is 0.527. The zero-order valence-corrected chi connectivity index (χ0v) is 14.9. The predicted molar refractivity (Wildman–Crippen MR) is 95.9 cm³/mol. The van der Waals surface area contributed by atoms with E-state index in [0.29, 0.717) is 26.9 Å². The van der Waals surface area contributed by atoms with Crippen LogP contribution in [0.2, 0.25) is 10.0 Å². The molecule has 1 heterocycles. The van der Waals surface area contributed by atoms with Crippen molar-refractivity contribution in [1.82, 2.24) is 0 Å². The van der Waals surface area contributed by atoms with E-state index >= 15 is 0 Å². The number of fused-ring (bicyclic) bond motifs is 1. The van der Waals surface area contributed by atoms with E-state index in [4.69, 9.17) is 27.9 Å². The summed E-state index contributed by atoms with van der Waals surface area (Å²) in [4.78, 5) is 5.80. The van der Waals surface area contributed by atoms with Gasteiger partial charge in [0.15, 0.2) is 0 Å². The van der Waals surface area contributed by atoms with Gasteiger partial charge in [0, 0.05) is 21.7 Å². The normalized spacial score (nSPS) is 13.8. The molecule has 6 heteroatoms. The molecule has 0 atom stereocenters. The Hall–Kier alpha value is -1.54. The Morgan fingerprint density at radius 3 is 2.83 bits per heavy atom. The van der Waals surface area contributed by atoms with Gasteiger partial charge in [-0.05, 0) is 43.4 Å². The van der Waals surface area contributed by atoms with Crippen molar-refractivity contribution in [2.45, 2.75) is 25.7 Å². The summed E-state index contributed by atoms with van der Waals surface area (Å²) in [5.41, 5.74) is 2.57. The van der Waals surface area contributed by atoms with Crippen LogP contribution >= 0.6 is 34.5 Å². The first-order chi connectivity index (χ1) is 11.1. The maximum Gasteiger partial charge on any atom is 0.146 e. The van der Waals surface area contributed by atoms with Gasteiger partial charge in [-0.2, -0.15) is 5.26 Å². The van der Waals surface area contributed by atoms with E-state index in [9.17, 15) is 5.26 Å². The van der Waals surface area contributed by atoms with Crippen molar-refractivity contribution in [3.8, 4) is 11.8 Å². The zero-order valence-electron chi connectivity index (χ0n) is 12.5. The zero-order chi connectivity index (χ0) is 16.4. The van der Waals surface area contributed by atoms with Gasteiger partial charge in [0.1, 0.15) is 16.8 Å². The second-order valence-corrected chi connectivity index (χ2v) is 7.20. The van der Waals surface area contributed by atoms with E-state index in [0.717, 1.165) is 24.3 Å². The molecule has 1 aromatic carbocycles. The molecule has 0 bridgehead atoms. The minimum Gasteiger partial charge on any atom is -0.495 e. The van der Waals surface area contributed by atoms with Gasteiger partial charge in [-0.15, -0.1) is 11.3 Å². The average molecular weight is 365 g/mol. The van der Waals surface area contributed by atoms with Crippen LogP contribution in [-0.2, 0) is 12.8 Å². The molecule has 0 spiro atoms. The van der Waals surface area contributed by atoms with Crippen LogP contribution in [0.3, 0.4) is 0 Å². The Bertz CT molecular complexity index is 821. The number of halogens is 2. The highest BCUT2D eigenvalue weighted by atomic mass is 35.5. The van der Waals surface area contributed by atoms with Crippen molar-refractivity contribution < 1.29 is 4.74 Å². The Labute approximate surface area is 149 Å². The molecule has 118 valence electrons. The molecule has 0 N–H and O–H groups in total. The Morgan fingerprint density at radius 2 is 2.09 bits per heavy atom. The molecule has 23 heavy (non-hydrogen) atoms. The number of aliphatic imine (C=N–C) groups is 1. The van der Waals surface area contributed by atoms with Crippen LogP contribution in [0.4, 0.5) is 5.00 Å². The Balaban J connectivity index is 2.01. The first-order valence-corrected chi connectivity index (χ1v) is 8.83. The van der Waals surface area contributed by atoms with Crippen LogP contribution < -0.4 is 4.74 Å². The topological polar surface area (TPSA) is 45.4 Å². The number of hydrogen-bond donors (Lipinski definition) is 0. The van der Waals surface area contributed by atoms with Crippen molar-refractivity contribution in [2.24, 2.45) is 4.99 Å². The fourth-order valence-electron chi connectivity index (χ4n) is 2.78. The number of nitriles is 1. The lowest BCUT2D eigenvalue weighted by atomic mass is 9.96. The maximum atomic E-state index is 9.47. The van der Waals surface area contributed by atoms with Crippen molar-refractivity contribution in [2.75, 3.05) is 7.11 Å². The van der Waals surface area contributed by atoms with Crippen molar-refractivity contribution in [3.63, 3.8) is 0 Å². The summed E-state index contributed by atoms with van der Waals surface area (Å²) < 4.78 is 5.31. The van der Waals surface area contributed by atoms with E-state index in [1.54, 1.807) is 36.8 Å². The molecule has 0 radical (unpaired) electrons. The number of benzene rings is 1. The summed E-state index contributed by atoms with van der Waals surface area (Å²) in [6, 6.07) is 5.68. The molecule has 0 aliphatic heterocycles. The van der Waals surface area contributed by atoms with Crippen LogP contribution in [0, 0.1) is 11.3 Å². The van der Waals surface area contributed by atoms with Gasteiger partial charge in [0.05, 0.1) is 17.7 Å². The van der Waals surface area contributed by atoms with Crippen molar-refractivity contribution in [1.29, 1.82) is 5.26 Å². The van der Waals surface area contributed by atoms with E-state index in [1.807, 2.05) is 0 Å². The minimum atomic E-state index is 0.437. The molecular weight excluding hydrogens is 351 g/mol. The summed E-state index contributed by atoms with van der Waals surface area (Å²) in [6.45, 7) is 0. The lowest BCUT2D eigenvalue weighted by Gasteiger charge is -2.09. The Morgan fingerprint density at radius 1 is 1.30 bits per heavy atom. The summed E-state index contributed by atoms with van der Waals surface area (Å²) >= 11 is 13.8. The highest BCUT2D eigenvalue weighted by Gasteiger charge is 2.20. The highest BCUT2D eigenvalue weighted by Crippen LogP contribution is 2.39. The number of thiophene rings is 1. The first-order valence-electron chi connectivity index (χ1n) is 7.25. The second-order valence-electron chi connectivity index (χ2n) is 5.27. The molecule has 0 amide bonds. The monoisotopic (exact) mass is 364 g/mol. The number of nitrogens with zero attached hydrogens (tertiary/aromatic N) is 2. The summed E-state index contributed by atoms with van der Waals surface area (Å²) in [7, 11) is 1.55. The molecule has 3 rings (SSSR count). The SMILES string of the molecule is COc1c(Cl)cc(Cl)cc1C=Nc1sc2c(c1C#N)CCCC2. The van der Waals surface area contributed by atoms with Gasteiger partial charge in [0.25, 0.3) is 0 Å². The van der Waals surface area contributed by atoms with Crippen LogP contribution in [0.25, 0.3) is 0 Å². The highest BCUT2D eigenvalue weighted by molar-refractivity contribution is 7.16. The number of methoxy groups -OCH3 is 1. The molecule has 0 saturated carbocycles. The lowest BCUT2D eigenvalue weighted by Crippen LogP contribution is -1.99. The molecular formula is C17H14Cl2N2OS. The fraction of sp³-hybridized carbons (Fsp3) is 0.294. The number of hydrogen-bond acceptors (Lipinski definition) is 4. The van der Waals surface area contributed by atoms with E-state index in [-0.39, 0.29) is 0 Å². The largest absolute Gasteiger partial charge is 0.495 e. The third kappa shape index (κ3) is 3.23. The second kappa shape index (κ2) is 6.92. The molecule has 0 unspecified atom stereocenters. The van der Waals surface area contributed by atoms with Crippen LogP contribution in [0.5, 0.6) is 5.75 Å². The quantitative estimate of drug-likeness (QED) is 0.668. The first kappa shape index (κ1) is 16.3. The van der Waals surface area contributed by atoms with Crippen LogP contribution in [0.1, 0.15) is 34.4 Å². The van der Waals surface area contributed by atoms with Gasteiger partial charge in [-0.1, -0.05) is 23.2 Å². The van der Waals surface area contributed by atoms with Gasteiger partial charge in [0.2, 0.25) is 0 Å². The van der Waals surface area contributed by atoms with Gasteiger partial charge in [-0.25, -0.2) is 4.99 Å². The molecule has 1 aliphatic carbocycles.